The molecule has 0 aromatic heterocycles. The van der Waals surface area contributed by atoms with E-state index >= 15 is 0 Å². The number of aliphatic hydroxyl groups excluding tert-OH is 1. The molecule has 0 heterocycles. The minimum Gasteiger partial charge on any atom is -0.490 e. The Balaban J connectivity index is 2.94. The topological polar surface area (TPSA) is 38.7 Å². The van der Waals surface area contributed by atoms with Crippen LogP contribution in [0.2, 0.25) is 0 Å². The first-order valence-electron chi connectivity index (χ1n) is 5.98. The number of hydrogen-bond donors (Lipinski definition) is 1. The number of rotatable bonds is 7. The molecule has 3 nitrogen and oxygen atoms in total. The minimum atomic E-state index is -2.89. The fraction of sp³-hybridized carbons (Fsp3) is 0.538. The molecule has 0 aliphatic rings. The summed E-state index contributed by atoms with van der Waals surface area (Å²) in [5.74, 6) is 0.213. The summed E-state index contributed by atoms with van der Waals surface area (Å²) < 4.78 is 34.0. The first-order chi connectivity index (χ1) is 8.58. The van der Waals surface area contributed by atoms with Gasteiger partial charge in [-0.25, -0.2) is 0 Å². The minimum absolute atomic E-state index is 0.0145. The van der Waals surface area contributed by atoms with Crippen LogP contribution in [0.3, 0.4) is 0 Å². The molecule has 18 heavy (non-hydrogen) atoms. The third-order valence-corrected chi connectivity index (χ3v) is 2.43. The lowest BCUT2D eigenvalue weighted by atomic mass is 10.0. The van der Waals surface area contributed by atoms with Gasteiger partial charge in [-0.15, -0.1) is 0 Å². The second-order valence-electron chi connectivity index (χ2n) is 3.82. The van der Waals surface area contributed by atoms with Crippen molar-refractivity contribution >= 4 is 0 Å². The molecular formula is C13H18F2O3. The molecule has 0 spiro atoms. The monoisotopic (exact) mass is 260 g/mol. The standard InChI is InChI=1S/C13H18F2O3/c1-3-5-10(16)9-6-7-11(18-13(14)15)12(8-9)17-4-2/h6-8,10,13,16H,3-5H2,1-2H3. The van der Waals surface area contributed by atoms with Gasteiger partial charge in [0, 0.05) is 0 Å². The fourth-order valence-electron chi connectivity index (χ4n) is 1.63. The zero-order valence-corrected chi connectivity index (χ0v) is 10.5. The molecule has 1 aromatic rings. The Labute approximate surface area is 105 Å². The van der Waals surface area contributed by atoms with Crippen molar-refractivity contribution in [2.24, 2.45) is 0 Å². The fourth-order valence-corrected chi connectivity index (χ4v) is 1.63. The Bertz CT molecular complexity index is 369. The molecule has 0 amide bonds. The van der Waals surface area contributed by atoms with Crippen LogP contribution in [0.5, 0.6) is 11.5 Å². The second kappa shape index (κ2) is 7.16. The van der Waals surface area contributed by atoms with Crippen molar-refractivity contribution in [3.05, 3.63) is 23.8 Å². The Morgan fingerprint density at radius 3 is 2.50 bits per heavy atom. The van der Waals surface area contributed by atoms with Crippen molar-refractivity contribution in [1.82, 2.24) is 0 Å². The molecule has 0 aliphatic carbocycles. The van der Waals surface area contributed by atoms with E-state index in [1.807, 2.05) is 6.92 Å². The highest BCUT2D eigenvalue weighted by atomic mass is 19.3. The lowest BCUT2D eigenvalue weighted by molar-refractivity contribution is -0.0514. The molecule has 1 N–H and O–H groups in total. The Hall–Kier alpha value is -1.36. The van der Waals surface area contributed by atoms with Gasteiger partial charge < -0.3 is 14.6 Å². The lowest BCUT2D eigenvalue weighted by Gasteiger charge is -2.15. The van der Waals surface area contributed by atoms with E-state index in [0.717, 1.165) is 6.42 Å². The van der Waals surface area contributed by atoms with Gasteiger partial charge in [0.05, 0.1) is 12.7 Å². The molecule has 0 radical (unpaired) electrons. The van der Waals surface area contributed by atoms with Crippen LogP contribution in [0.15, 0.2) is 18.2 Å². The highest BCUT2D eigenvalue weighted by molar-refractivity contribution is 5.43. The van der Waals surface area contributed by atoms with E-state index < -0.39 is 12.7 Å². The highest BCUT2D eigenvalue weighted by Gasteiger charge is 2.14. The molecule has 1 aromatic carbocycles. The van der Waals surface area contributed by atoms with Gasteiger partial charge in [0.1, 0.15) is 0 Å². The van der Waals surface area contributed by atoms with Crippen molar-refractivity contribution in [3.63, 3.8) is 0 Å². The predicted octanol–water partition coefficient (Wildman–Crippen LogP) is 3.52. The van der Waals surface area contributed by atoms with Crippen molar-refractivity contribution < 1.29 is 23.4 Å². The molecule has 0 bridgehead atoms. The SMILES string of the molecule is CCCC(O)c1ccc(OC(F)F)c(OCC)c1. The quantitative estimate of drug-likeness (QED) is 0.815. The van der Waals surface area contributed by atoms with Crippen molar-refractivity contribution in [2.75, 3.05) is 6.61 Å². The maximum atomic E-state index is 12.2. The number of hydrogen-bond acceptors (Lipinski definition) is 3. The summed E-state index contributed by atoms with van der Waals surface area (Å²) in [5.41, 5.74) is 0.641. The van der Waals surface area contributed by atoms with Crippen LogP contribution in [-0.2, 0) is 0 Å². The maximum Gasteiger partial charge on any atom is 0.387 e. The third-order valence-electron chi connectivity index (χ3n) is 2.43. The molecule has 1 rings (SSSR count). The third kappa shape index (κ3) is 4.14. The number of halogens is 2. The van der Waals surface area contributed by atoms with Gasteiger partial charge in [-0.2, -0.15) is 8.78 Å². The van der Waals surface area contributed by atoms with E-state index in [-0.39, 0.29) is 11.5 Å². The van der Waals surface area contributed by atoms with Gasteiger partial charge >= 0.3 is 6.61 Å². The van der Waals surface area contributed by atoms with E-state index in [4.69, 9.17) is 4.74 Å². The summed E-state index contributed by atoms with van der Waals surface area (Å²) in [6.07, 6.45) is 0.830. The number of aliphatic hydroxyl groups is 1. The first kappa shape index (κ1) is 14.7. The van der Waals surface area contributed by atoms with Crippen LogP contribution in [0.25, 0.3) is 0 Å². The number of alkyl halides is 2. The highest BCUT2D eigenvalue weighted by Crippen LogP contribution is 2.32. The molecule has 1 atom stereocenters. The molecule has 5 heteroatoms. The van der Waals surface area contributed by atoms with Crippen molar-refractivity contribution in [2.45, 2.75) is 39.4 Å². The van der Waals surface area contributed by atoms with Gasteiger partial charge in [-0.05, 0) is 31.0 Å². The van der Waals surface area contributed by atoms with Gasteiger partial charge in [0.15, 0.2) is 11.5 Å². The molecule has 1 unspecified atom stereocenters. The van der Waals surface area contributed by atoms with E-state index in [0.29, 0.717) is 18.6 Å². The van der Waals surface area contributed by atoms with Gasteiger partial charge in [-0.1, -0.05) is 19.4 Å². The maximum absolute atomic E-state index is 12.2. The van der Waals surface area contributed by atoms with Crippen LogP contribution in [0.4, 0.5) is 8.78 Å². The van der Waals surface area contributed by atoms with Crippen molar-refractivity contribution in [1.29, 1.82) is 0 Å². The summed E-state index contributed by atoms with van der Waals surface area (Å²) in [7, 11) is 0. The lowest BCUT2D eigenvalue weighted by Crippen LogP contribution is -2.06. The molecule has 0 saturated heterocycles. The molecule has 102 valence electrons. The normalized spacial score (nSPS) is 12.6. The summed E-state index contributed by atoms with van der Waals surface area (Å²) in [5, 5.41) is 9.84. The first-order valence-corrected chi connectivity index (χ1v) is 5.98. The number of benzene rings is 1. The second-order valence-corrected chi connectivity index (χ2v) is 3.82. The summed E-state index contributed by atoms with van der Waals surface area (Å²) in [6, 6.07) is 4.51. The largest absolute Gasteiger partial charge is 0.490 e. The van der Waals surface area contributed by atoms with Crippen LogP contribution >= 0.6 is 0 Å². The smallest absolute Gasteiger partial charge is 0.387 e. The van der Waals surface area contributed by atoms with Crippen molar-refractivity contribution in [3.8, 4) is 11.5 Å². The summed E-state index contributed by atoms with van der Waals surface area (Å²) in [4.78, 5) is 0. The van der Waals surface area contributed by atoms with Crippen LogP contribution < -0.4 is 9.47 Å². The Morgan fingerprint density at radius 2 is 1.94 bits per heavy atom. The summed E-state index contributed by atoms with van der Waals surface area (Å²) in [6.45, 7) is 1.16. The predicted molar refractivity (Wildman–Crippen MR) is 64.1 cm³/mol. The van der Waals surface area contributed by atoms with E-state index in [1.165, 1.54) is 6.07 Å². The van der Waals surface area contributed by atoms with Crippen LogP contribution in [-0.4, -0.2) is 18.3 Å². The zero-order chi connectivity index (χ0) is 13.5. The van der Waals surface area contributed by atoms with E-state index in [1.54, 1.807) is 19.1 Å². The van der Waals surface area contributed by atoms with Crippen LogP contribution in [0, 0.1) is 0 Å². The molecule has 0 saturated carbocycles. The Morgan fingerprint density at radius 1 is 1.22 bits per heavy atom. The van der Waals surface area contributed by atoms with E-state index in [9.17, 15) is 13.9 Å². The average molecular weight is 260 g/mol. The summed E-state index contributed by atoms with van der Waals surface area (Å²) >= 11 is 0. The van der Waals surface area contributed by atoms with E-state index in [2.05, 4.69) is 4.74 Å². The van der Waals surface area contributed by atoms with Gasteiger partial charge in [-0.3, -0.25) is 0 Å². The molecule has 0 aliphatic heterocycles. The number of ether oxygens (including phenoxy) is 2. The molecule has 0 fully saturated rings. The zero-order valence-electron chi connectivity index (χ0n) is 10.5. The molecular weight excluding hydrogens is 242 g/mol. The average Bonchev–Trinajstić information content (AvgIpc) is 2.31. The van der Waals surface area contributed by atoms with Gasteiger partial charge in [0.25, 0.3) is 0 Å². The van der Waals surface area contributed by atoms with Crippen LogP contribution in [0.1, 0.15) is 38.4 Å². The van der Waals surface area contributed by atoms with Gasteiger partial charge in [0.2, 0.25) is 0 Å². The Kier molecular flexibility index (Phi) is 5.85.